The number of nitrogens with one attached hydrogen (secondary N) is 3. The number of aromatic hydroxyl groups is 1. The Hall–Kier alpha value is -5.62. The van der Waals surface area contributed by atoms with Gasteiger partial charge in [0.2, 0.25) is 18.0 Å². The van der Waals surface area contributed by atoms with E-state index in [9.17, 15) is 14.7 Å². The molecule has 4 aromatic rings. The Balaban J connectivity index is 1.46. The fraction of sp³-hybridized carbons (Fsp3) is 0.176. The first-order chi connectivity index (χ1) is 21.0. The highest BCUT2D eigenvalue weighted by molar-refractivity contribution is 5.92. The number of carbonyl (C=O) groups is 2. The second kappa shape index (κ2) is 16.0. The molecule has 4 N–H and O–H groups in total. The van der Waals surface area contributed by atoms with E-state index >= 15 is 0 Å². The predicted octanol–water partition coefficient (Wildman–Crippen LogP) is 4.61. The average Bonchev–Trinajstić information content (AvgIpc) is 3.04. The number of nitriles is 1. The molecule has 0 saturated carbocycles. The second-order valence-electron chi connectivity index (χ2n) is 9.70. The molecule has 0 aliphatic heterocycles. The molecule has 1 atom stereocenters. The average molecular weight is 576 g/mol. The van der Waals surface area contributed by atoms with Gasteiger partial charge < -0.3 is 25.8 Å². The van der Waals surface area contributed by atoms with Crippen LogP contribution < -0.4 is 20.7 Å². The van der Waals surface area contributed by atoms with Crippen molar-refractivity contribution in [3.63, 3.8) is 0 Å². The summed E-state index contributed by atoms with van der Waals surface area (Å²) >= 11 is 0. The number of hydrogen-bond acceptors (Lipinski definition) is 6. The number of rotatable bonds is 12. The number of hydrogen-bond donors (Lipinski definition) is 4. The summed E-state index contributed by atoms with van der Waals surface area (Å²) in [5.74, 6) is -0.588. The van der Waals surface area contributed by atoms with Gasteiger partial charge in [0.05, 0.1) is 5.92 Å². The van der Waals surface area contributed by atoms with Gasteiger partial charge in [0.15, 0.2) is 0 Å². The van der Waals surface area contributed by atoms with Crippen LogP contribution in [-0.2, 0) is 16.1 Å². The van der Waals surface area contributed by atoms with E-state index < -0.39 is 12.0 Å². The lowest BCUT2D eigenvalue weighted by Crippen LogP contribution is -2.48. The van der Waals surface area contributed by atoms with Crippen LogP contribution in [0.3, 0.4) is 0 Å². The van der Waals surface area contributed by atoms with Gasteiger partial charge in [-0.15, -0.1) is 4.99 Å². The first-order valence-electron chi connectivity index (χ1n) is 13.9. The van der Waals surface area contributed by atoms with Gasteiger partial charge in [0.25, 0.3) is 0 Å². The van der Waals surface area contributed by atoms with Gasteiger partial charge in [0, 0.05) is 13.1 Å². The Morgan fingerprint density at radius 2 is 1.37 bits per heavy atom. The van der Waals surface area contributed by atoms with Crippen molar-refractivity contribution in [2.75, 3.05) is 6.54 Å². The molecule has 0 spiro atoms. The summed E-state index contributed by atoms with van der Waals surface area (Å²) in [6.07, 6.45) is 2.49. The lowest BCUT2D eigenvalue weighted by Gasteiger charge is -2.23. The van der Waals surface area contributed by atoms with Crippen LogP contribution in [0.4, 0.5) is 0 Å². The molecule has 4 rings (SSSR count). The van der Waals surface area contributed by atoms with E-state index in [-0.39, 0.29) is 30.1 Å². The van der Waals surface area contributed by atoms with Gasteiger partial charge in [-0.05, 0) is 53.8 Å². The molecule has 0 aliphatic carbocycles. The first-order valence-corrected chi connectivity index (χ1v) is 13.9. The van der Waals surface area contributed by atoms with Crippen LogP contribution in [0.15, 0.2) is 120 Å². The van der Waals surface area contributed by atoms with E-state index in [0.29, 0.717) is 25.1 Å². The number of carbonyl (C=O) groups excluding carboxylic acids is 2. The third kappa shape index (κ3) is 9.47. The maximum absolute atomic E-state index is 13.8. The third-order valence-corrected chi connectivity index (χ3v) is 6.62. The zero-order valence-corrected chi connectivity index (χ0v) is 23.5. The van der Waals surface area contributed by atoms with Crippen LogP contribution >= 0.6 is 0 Å². The maximum atomic E-state index is 13.8. The highest BCUT2D eigenvalue weighted by atomic mass is 16.5. The van der Waals surface area contributed by atoms with Gasteiger partial charge >= 0.3 is 6.02 Å². The molecule has 0 aromatic heterocycles. The molecule has 4 aromatic carbocycles. The van der Waals surface area contributed by atoms with Crippen LogP contribution in [0, 0.1) is 11.5 Å². The fourth-order valence-electron chi connectivity index (χ4n) is 4.48. The Labute approximate surface area is 250 Å². The number of amides is 2. The van der Waals surface area contributed by atoms with Crippen molar-refractivity contribution < 1.29 is 19.4 Å². The van der Waals surface area contributed by atoms with Crippen molar-refractivity contribution >= 4 is 17.8 Å². The Morgan fingerprint density at radius 1 is 0.791 bits per heavy atom. The van der Waals surface area contributed by atoms with Gasteiger partial charge in [-0.2, -0.15) is 5.26 Å². The maximum Gasteiger partial charge on any atom is 0.305 e. The zero-order chi connectivity index (χ0) is 30.3. The van der Waals surface area contributed by atoms with Crippen LogP contribution in [0.1, 0.15) is 35.4 Å². The predicted molar refractivity (Wildman–Crippen MR) is 164 cm³/mol. The van der Waals surface area contributed by atoms with Crippen molar-refractivity contribution in [1.29, 1.82) is 5.26 Å². The lowest BCUT2D eigenvalue weighted by atomic mass is 9.90. The highest BCUT2D eigenvalue weighted by Gasteiger charge is 2.27. The molecule has 9 heteroatoms. The highest BCUT2D eigenvalue weighted by Crippen LogP contribution is 2.25. The smallest absolute Gasteiger partial charge is 0.305 e. The van der Waals surface area contributed by atoms with E-state index in [1.165, 1.54) is 0 Å². The number of nitrogens with zero attached hydrogens (tertiary/aromatic N) is 2. The summed E-state index contributed by atoms with van der Waals surface area (Å²) < 4.78 is 5.65. The minimum absolute atomic E-state index is 0.0410. The summed E-state index contributed by atoms with van der Waals surface area (Å²) in [7, 11) is 0. The second-order valence-corrected chi connectivity index (χ2v) is 9.70. The Kier molecular flexibility index (Phi) is 11.3. The molecule has 0 saturated heterocycles. The molecule has 0 bridgehead atoms. The number of phenols is 1. The molecule has 1 unspecified atom stereocenters. The monoisotopic (exact) mass is 575 g/mol. The van der Waals surface area contributed by atoms with Crippen molar-refractivity contribution in [3.8, 4) is 17.7 Å². The quantitative estimate of drug-likeness (QED) is 0.0843. The number of ether oxygens (including phenoxy) is 1. The standard InChI is InChI=1S/C34H33N5O4/c35-24-38-34(43-29-15-8-3-9-16-29)36-22-10-17-30(32(41)37-23-25-18-20-28(40)21-19-25)39-33(42)31(26-11-4-1-5-12-26)27-13-6-2-7-14-27/h1-9,11-16,18-21,30-31,40H,10,17,22-23H2,(H,36,38)(H,37,41)(H,39,42). The Bertz CT molecular complexity index is 1480. The summed E-state index contributed by atoms with van der Waals surface area (Å²) in [6, 6.07) is 33.6. The summed E-state index contributed by atoms with van der Waals surface area (Å²) in [4.78, 5) is 30.9. The van der Waals surface area contributed by atoms with Crippen molar-refractivity contribution in [2.24, 2.45) is 4.99 Å². The first kappa shape index (κ1) is 30.3. The van der Waals surface area contributed by atoms with Gasteiger partial charge in [-0.25, -0.2) is 0 Å². The molecule has 2 amide bonds. The van der Waals surface area contributed by atoms with Crippen molar-refractivity contribution in [1.82, 2.24) is 16.0 Å². The van der Waals surface area contributed by atoms with Gasteiger partial charge in [0.1, 0.15) is 17.5 Å². The van der Waals surface area contributed by atoms with Crippen LogP contribution in [0.25, 0.3) is 0 Å². The number of benzene rings is 4. The molecule has 0 radical (unpaired) electrons. The zero-order valence-electron chi connectivity index (χ0n) is 23.5. The molecule has 0 aliphatic rings. The fourth-order valence-corrected chi connectivity index (χ4v) is 4.48. The van der Waals surface area contributed by atoms with E-state index in [1.54, 1.807) is 42.6 Å². The molecular formula is C34H33N5O4. The van der Waals surface area contributed by atoms with Gasteiger partial charge in [-0.1, -0.05) is 91.0 Å². The molecule has 0 fully saturated rings. The van der Waals surface area contributed by atoms with Crippen molar-refractivity contribution in [3.05, 3.63) is 132 Å². The van der Waals surface area contributed by atoms with E-state index in [4.69, 9.17) is 10.00 Å². The molecular weight excluding hydrogens is 542 g/mol. The van der Waals surface area contributed by atoms with Crippen LogP contribution in [-0.4, -0.2) is 35.5 Å². The summed E-state index contributed by atoms with van der Waals surface area (Å²) in [5.41, 5.74) is 2.43. The largest absolute Gasteiger partial charge is 0.508 e. The topological polar surface area (TPSA) is 136 Å². The third-order valence-electron chi connectivity index (χ3n) is 6.62. The van der Waals surface area contributed by atoms with Crippen molar-refractivity contribution in [2.45, 2.75) is 31.3 Å². The minimum Gasteiger partial charge on any atom is -0.508 e. The van der Waals surface area contributed by atoms with Crippen LogP contribution in [0.2, 0.25) is 0 Å². The number of aliphatic imine (C=N–C) groups is 1. The molecule has 0 heterocycles. The molecule has 9 nitrogen and oxygen atoms in total. The van der Waals surface area contributed by atoms with E-state index in [2.05, 4.69) is 20.9 Å². The molecule has 218 valence electrons. The summed E-state index contributed by atoms with van der Waals surface area (Å²) in [5, 5.41) is 27.5. The number of amidine groups is 1. The van der Waals surface area contributed by atoms with E-state index in [1.807, 2.05) is 78.9 Å². The van der Waals surface area contributed by atoms with Gasteiger partial charge in [-0.3, -0.25) is 9.59 Å². The number of phenolic OH excluding ortho intramolecular Hbond substituents is 1. The van der Waals surface area contributed by atoms with Crippen LogP contribution in [0.5, 0.6) is 11.5 Å². The number of para-hydroxylation sites is 1. The lowest BCUT2D eigenvalue weighted by molar-refractivity contribution is -0.129. The normalized spacial score (nSPS) is 11.7. The molecule has 43 heavy (non-hydrogen) atoms. The SMILES string of the molecule is N#C/N=C(\NCCCC(NC(=O)C(c1ccccc1)c1ccccc1)C(=O)NCc1ccc(O)cc1)Oc1ccccc1. The Morgan fingerprint density at radius 3 is 1.95 bits per heavy atom. The summed E-state index contributed by atoms with van der Waals surface area (Å²) in [6.45, 7) is 0.570. The minimum atomic E-state index is -0.840. The van der Waals surface area contributed by atoms with E-state index in [0.717, 1.165) is 16.7 Å².